The second-order valence-electron chi connectivity index (χ2n) is 6.98. The molecule has 0 aliphatic carbocycles. The number of carbonyl (C=O) groups excluding carboxylic acids is 1. The Labute approximate surface area is 170 Å². The van der Waals surface area contributed by atoms with Gasteiger partial charge in [0.15, 0.2) is 0 Å². The van der Waals surface area contributed by atoms with Crippen LogP contribution in [-0.4, -0.2) is 16.8 Å². The zero-order valence-electron chi connectivity index (χ0n) is 15.7. The predicted molar refractivity (Wildman–Crippen MR) is 106 cm³/mol. The summed E-state index contributed by atoms with van der Waals surface area (Å²) < 4.78 is 39.8. The molecule has 0 aromatic heterocycles. The van der Waals surface area contributed by atoms with Crippen molar-refractivity contribution in [2.75, 3.05) is 0 Å². The Kier molecular flexibility index (Phi) is 5.13. The molecule has 1 amide bonds. The van der Waals surface area contributed by atoms with Gasteiger partial charge in [-0.2, -0.15) is 13.2 Å². The van der Waals surface area contributed by atoms with E-state index < -0.39 is 17.6 Å². The van der Waals surface area contributed by atoms with E-state index in [1.807, 2.05) is 24.3 Å². The summed E-state index contributed by atoms with van der Waals surface area (Å²) in [5, 5.41) is 8.79. The van der Waals surface area contributed by atoms with Crippen LogP contribution in [0.3, 0.4) is 0 Å². The zero-order chi connectivity index (χ0) is 21.3. The van der Waals surface area contributed by atoms with Crippen molar-refractivity contribution in [1.29, 1.82) is 0 Å². The first-order chi connectivity index (χ1) is 14.4. The van der Waals surface area contributed by atoms with Crippen LogP contribution in [0, 0.1) is 0 Å². The van der Waals surface area contributed by atoms with Gasteiger partial charge >= 0.3 is 6.18 Å². The number of para-hydroxylation sites is 1. The Morgan fingerprint density at radius 3 is 2.33 bits per heavy atom. The topological polar surface area (TPSA) is 61.7 Å². The molecule has 3 aromatic rings. The van der Waals surface area contributed by atoms with Gasteiger partial charge in [-0.15, -0.1) is 0 Å². The van der Waals surface area contributed by atoms with Crippen LogP contribution in [0.1, 0.15) is 38.2 Å². The number of amides is 1. The third-order valence-corrected chi connectivity index (χ3v) is 5.10. The summed E-state index contributed by atoms with van der Waals surface area (Å²) >= 11 is 0. The Balaban J connectivity index is 1.89. The number of benzene rings is 3. The van der Waals surface area contributed by atoms with Crippen molar-refractivity contribution in [2.45, 2.75) is 19.0 Å². The van der Waals surface area contributed by atoms with E-state index >= 15 is 0 Å². The Bertz CT molecular complexity index is 1140. The van der Waals surface area contributed by atoms with Gasteiger partial charge in [-0.25, -0.2) is 10.5 Å². The molecule has 1 aliphatic rings. The number of rotatable bonds is 2. The van der Waals surface area contributed by atoms with E-state index in [9.17, 15) is 18.0 Å². The van der Waals surface area contributed by atoms with Crippen LogP contribution >= 0.6 is 0 Å². The molecular weight excluding hydrogens is 393 g/mol. The predicted octanol–water partition coefficient (Wildman–Crippen LogP) is 5.09. The molecule has 4 rings (SSSR count). The average Bonchev–Trinajstić information content (AvgIpc) is 2.74. The Hall–Kier alpha value is -3.45. The molecule has 152 valence electrons. The SMILES string of the molecule is O=C(NO)c1ccc(C2=Nc3ccccc3CCc3cc(C(F)(F)F)ccc32)cc1. The lowest BCUT2D eigenvalue weighted by molar-refractivity contribution is -0.137. The fraction of sp³-hybridized carbons (Fsp3) is 0.130. The lowest BCUT2D eigenvalue weighted by atomic mass is 9.90. The summed E-state index contributed by atoms with van der Waals surface area (Å²) in [5.74, 6) is -0.651. The number of hydroxylamine groups is 1. The molecule has 0 bridgehead atoms. The number of hydrogen-bond acceptors (Lipinski definition) is 3. The van der Waals surface area contributed by atoms with Crippen LogP contribution in [0.4, 0.5) is 18.9 Å². The number of aryl methyl sites for hydroxylation is 2. The lowest BCUT2D eigenvalue weighted by Crippen LogP contribution is -2.18. The van der Waals surface area contributed by atoms with Crippen molar-refractivity contribution in [3.05, 3.63) is 100 Å². The van der Waals surface area contributed by atoms with Crippen LogP contribution in [0.15, 0.2) is 71.7 Å². The highest BCUT2D eigenvalue weighted by Gasteiger charge is 2.31. The fourth-order valence-electron chi connectivity index (χ4n) is 3.55. The first kappa shape index (κ1) is 19.8. The minimum Gasteiger partial charge on any atom is -0.288 e. The summed E-state index contributed by atoms with van der Waals surface area (Å²) in [6.07, 6.45) is -3.40. The Morgan fingerprint density at radius 2 is 1.63 bits per heavy atom. The zero-order valence-corrected chi connectivity index (χ0v) is 15.7. The van der Waals surface area contributed by atoms with Gasteiger partial charge in [0.1, 0.15) is 0 Å². The van der Waals surface area contributed by atoms with Crippen molar-refractivity contribution in [3.8, 4) is 0 Å². The standard InChI is InChI=1S/C23H17F3N2O2/c24-23(25,26)18-11-12-19-17(13-18)10-5-14-3-1-2-4-20(14)27-21(19)15-6-8-16(9-7-15)22(29)28-30/h1-4,6-9,11-13,30H,5,10H2,(H,28,29). The smallest absolute Gasteiger partial charge is 0.288 e. The van der Waals surface area contributed by atoms with Gasteiger partial charge in [0.05, 0.1) is 17.0 Å². The van der Waals surface area contributed by atoms with Crippen LogP contribution in [0.25, 0.3) is 0 Å². The number of aliphatic imine (C=N–C) groups is 1. The summed E-state index contributed by atoms with van der Waals surface area (Å²) in [6.45, 7) is 0. The maximum absolute atomic E-state index is 13.3. The highest BCUT2D eigenvalue weighted by atomic mass is 19.4. The number of halogens is 3. The fourth-order valence-corrected chi connectivity index (χ4v) is 3.55. The molecule has 0 unspecified atom stereocenters. The van der Waals surface area contributed by atoms with Crippen molar-refractivity contribution in [1.82, 2.24) is 5.48 Å². The number of alkyl halides is 3. The molecule has 1 aliphatic heterocycles. The van der Waals surface area contributed by atoms with E-state index in [0.29, 0.717) is 35.2 Å². The normalized spacial score (nSPS) is 13.4. The van der Waals surface area contributed by atoms with Crippen LogP contribution in [-0.2, 0) is 19.0 Å². The number of nitrogens with zero attached hydrogens (tertiary/aromatic N) is 1. The van der Waals surface area contributed by atoms with Gasteiger partial charge in [-0.05, 0) is 54.3 Å². The third-order valence-electron chi connectivity index (χ3n) is 5.10. The quantitative estimate of drug-likeness (QED) is 0.457. The van der Waals surface area contributed by atoms with Crippen molar-refractivity contribution < 1.29 is 23.2 Å². The van der Waals surface area contributed by atoms with Crippen molar-refractivity contribution in [2.24, 2.45) is 4.99 Å². The van der Waals surface area contributed by atoms with Gasteiger partial charge in [0.25, 0.3) is 5.91 Å². The molecule has 0 radical (unpaired) electrons. The average molecular weight is 410 g/mol. The van der Waals surface area contributed by atoms with E-state index in [4.69, 9.17) is 10.2 Å². The lowest BCUT2D eigenvalue weighted by Gasteiger charge is -2.19. The van der Waals surface area contributed by atoms with Gasteiger partial charge < -0.3 is 0 Å². The molecule has 4 nitrogen and oxygen atoms in total. The second kappa shape index (κ2) is 7.76. The highest BCUT2D eigenvalue weighted by molar-refractivity contribution is 6.15. The van der Waals surface area contributed by atoms with Crippen molar-refractivity contribution >= 4 is 17.3 Å². The summed E-state index contributed by atoms with van der Waals surface area (Å²) in [6, 6.07) is 17.6. The monoisotopic (exact) mass is 410 g/mol. The van der Waals surface area contributed by atoms with Crippen LogP contribution in [0.2, 0.25) is 0 Å². The van der Waals surface area contributed by atoms with E-state index in [0.717, 1.165) is 17.3 Å². The first-order valence-electron chi connectivity index (χ1n) is 9.29. The van der Waals surface area contributed by atoms with E-state index in [1.54, 1.807) is 17.6 Å². The molecule has 0 saturated heterocycles. The highest BCUT2D eigenvalue weighted by Crippen LogP contribution is 2.34. The molecule has 30 heavy (non-hydrogen) atoms. The maximum atomic E-state index is 13.3. The van der Waals surface area contributed by atoms with Gasteiger partial charge in [0.2, 0.25) is 0 Å². The van der Waals surface area contributed by atoms with Crippen LogP contribution < -0.4 is 5.48 Å². The van der Waals surface area contributed by atoms with Crippen LogP contribution in [0.5, 0.6) is 0 Å². The molecule has 0 spiro atoms. The molecule has 0 fully saturated rings. The van der Waals surface area contributed by atoms with Gasteiger partial charge in [0, 0.05) is 16.7 Å². The number of nitrogens with one attached hydrogen (secondary N) is 1. The van der Waals surface area contributed by atoms with E-state index in [1.165, 1.54) is 24.3 Å². The van der Waals surface area contributed by atoms with Crippen molar-refractivity contribution in [3.63, 3.8) is 0 Å². The molecule has 0 saturated carbocycles. The van der Waals surface area contributed by atoms with Gasteiger partial charge in [-0.1, -0.05) is 36.4 Å². The molecule has 7 heteroatoms. The number of fused-ring (bicyclic) bond motifs is 2. The second-order valence-corrected chi connectivity index (χ2v) is 6.98. The summed E-state index contributed by atoms with van der Waals surface area (Å²) in [7, 11) is 0. The summed E-state index contributed by atoms with van der Waals surface area (Å²) in [4.78, 5) is 16.4. The third kappa shape index (κ3) is 3.84. The molecule has 3 aromatic carbocycles. The summed E-state index contributed by atoms with van der Waals surface area (Å²) in [5.41, 5.74) is 5.22. The van der Waals surface area contributed by atoms with E-state index in [2.05, 4.69) is 0 Å². The Morgan fingerprint density at radius 1 is 0.933 bits per heavy atom. The number of carbonyl (C=O) groups is 1. The molecule has 1 heterocycles. The first-order valence-corrected chi connectivity index (χ1v) is 9.29. The minimum absolute atomic E-state index is 0.251. The maximum Gasteiger partial charge on any atom is 0.416 e. The minimum atomic E-state index is -4.42. The van der Waals surface area contributed by atoms with Gasteiger partial charge in [-0.3, -0.25) is 10.0 Å². The number of hydrogen-bond donors (Lipinski definition) is 2. The van der Waals surface area contributed by atoms with E-state index in [-0.39, 0.29) is 5.56 Å². The molecule has 0 atom stereocenters. The molecule has 2 N–H and O–H groups in total. The molecular formula is C23H17F3N2O2. The largest absolute Gasteiger partial charge is 0.416 e.